The van der Waals surface area contributed by atoms with Crippen LogP contribution < -0.4 is 5.32 Å². The van der Waals surface area contributed by atoms with Crippen LogP contribution >= 0.6 is 15.9 Å². The zero-order valence-electron chi connectivity index (χ0n) is 15.1. The summed E-state index contributed by atoms with van der Waals surface area (Å²) in [7, 11) is 0. The van der Waals surface area contributed by atoms with E-state index in [4.69, 9.17) is 0 Å². The van der Waals surface area contributed by atoms with Crippen LogP contribution in [0.4, 0.5) is 24.7 Å². The summed E-state index contributed by atoms with van der Waals surface area (Å²) in [5.74, 6) is -0.714. The minimum atomic E-state index is -4.43. The number of benzene rings is 1. The Morgan fingerprint density at radius 2 is 2.03 bits per heavy atom. The van der Waals surface area contributed by atoms with Crippen molar-refractivity contribution in [2.24, 2.45) is 0 Å². The van der Waals surface area contributed by atoms with Crippen LogP contribution in [0.3, 0.4) is 0 Å². The number of anilines is 1. The highest BCUT2D eigenvalue weighted by Gasteiger charge is 2.30. The second-order valence-electron chi connectivity index (χ2n) is 6.24. The van der Waals surface area contributed by atoms with E-state index < -0.39 is 16.7 Å². The quantitative estimate of drug-likeness (QED) is 0.403. The standard InChI is InChI=1S/C17H14BrF3N6O3/c18-14-10-25(24-16(14)27(29)30)5-4-15(28)23-13-7-22-26(9-13)8-11-2-1-3-12(6-11)17(19,20)21/h1-3,6-7,9-10H,4-5,8H2,(H,23,28). The number of amides is 1. The molecule has 13 heteroatoms. The number of carbonyl (C=O) groups is 1. The normalized spacial score (nSPS) is 11.5. The summed E-state index contributed by atoms with van der Waals surface area (Å²) >= 11 is 3.02. The molecule has 0 bridgehead atoms. The summed E-state index contributed by atoms with van der Waals surface area (Å²) in [5.41, 5.74) is 0.0439. The lowest BCUT2D eigenvalue weighted by Crippen LogP contribution is -2.14. The van der Waals surface area contributed by atoms with E-state index in [0.717, 1.165) is 12.1 Å². The van der Waals surface area contributed by atoms with Gasteiger partial charge in [0.15, 0.2) is 0 Å². The molecule has 9 nitrogen and oxygen atoms in total. The summed E-state index contributed by atoms with van der Waals surface area (Å²) in [6.45, 7) is 0.224. The Morgan fingerprint density at radius 3 is 2.70 bits per heavy atom. The van der Waals surface area contributed by atoms with Crippen molar-refractivity contribution in [2.45, 2.75) is 25.7 Å². The summed E-state index contributed by atoms with van der Waals surface area (Å²) in [5, 5.41) is 21.2. The molecular weight excluding hydrogens is 473 g/mol. The Labute approximate surface area is 175 Å². The van der Waals surface area contributed by atoms with Crippen molar-refractivity contribution in [1.82, 2.24) is 19.6 Å². The molecule has 3 rings (SSSR count). The number of hydrogen-bond donors (Lipinski definition) is 1. The molecule has 0 saturated carbocycles. The average molecular weight is 487 g/mol. The minimum Gasteiger partial charge on any atom is -0.358 e. The summed E-state index contributed by atoms with van der Waals surface area (Å²) < 4.78 is 41.3. The highest BCUT2D eigenvalue weighted by molar-refractivity contribution is 9.10. The van der Waals surface area contributed by atoms with Crippen molar-refractivity contribution in [1.29, 1.82) is 0 Å². The van der Waals surface area contributed by atoms with Crippen LogP contribution in [0.25, 0.3) is 0 Å². The second kappa shape index (κ2) is 8.65. The second-order valence-corrected chi connectivity index (χ2v) is 7.10. The van der Waals surface area contributed by atoms with Crippen molar-refractivity contribution in [3.05, 3.63) is 68.6 Å². The van der Waals surface area contributed by atoms with Gasteiger partial charge in [0.2, 0.25) is 5.91 Å². The van der Waals surface area contributed by atoms with Crippen molar-refractivity contribution in [3.63, 3.8) is 0 Å². The van der Waals surface area contributed by atoms with E-state index in [-0.39, 0.29) is 35.7 Å². The smallest absolute Gasteiger partial charge is 0.358 e. The van der Waals surface area contributed by atoms with Gasteiger partial charge in [-0.05, 0) is 38.5 Å². The van der Waals surface area contributed by atoms with Gasteiger partial charge in [0.1, 0.15) is 4.47 Å². The van der Waals surface area contributed by atoms with Gasteiger partial charge in [0.25, 0.3) is 0 Å². The molecule has 1 amide bonds. The highest BCUT2D eigenvalue weighted by Crippen LogP contribution is 2.29. The topological polar surface area (TPSA) is 108 Å². The first-order valence-electron chi connectivity index (χ1n) is 8.47. The fraction of sp³-hybridized carbons (Fsp3) is 0.235. The molecule has 30 heavy (non-hydrogen) atoms. The van der Waals surface area contributed by atoms with E-state index in [0.29, 0.717) is 11.3 Å². The Balaban J connectivity index is 1.56. The molecule has 0 fully saturated rings. The van der Waals surface area contributed by atoms with Crippen LogP contribution in [0.1, 0.15) is 17.5 Å². The molecule has 1 aromatic carbocycles. The van der Waals surface area contributed by atoms with E-state index in [1.165, 1.54) is 34.0 Å². The lowest BCUT2D eigenvalue weighted by atomic mass is 10.1. The molecule has 158 valence electrons. The lowest BCUT2D eigenvalue weighted by Gasteiger charge is -2.08. The molecule has 2 aromatic heterocycles. The third-order valence-electron chi connectivity index (χ3n) is 3.96. The van der Waals surface area contributed by atoms with Crippen LogP contribution in [0, 0.1) is 10.1 Å². The fourth-order valence-corrected chi connectivity index (χ4v) is 3.07. The molecule has 0 atom stereocenters. The molecule has 0 aliphatic heterocycles. The lowest BCUT2D eigenvalue weighted by molar-refractivity contribution is -0.390. The predicted octanol–water partition coefficient (Wildman–Crippen LogP) is 3.85. The first-order chi connectivity index (χ1) is 14.1. The third kappa shape index (κ3) is 5.43. The monoisotopic (exact) mass is 486 g/mol. The van der Waals surface area contributed by atoms with Gasteiger partial charge in [-0.2, -0.15) is 23.0 Å². The molecular formula is C17H14BrF3N6O3. The number of nitrogens with one attached hydrogen (secondary N) is 1. The van der Waals surface area contributed by atoms with Gasteiger partial charge in [-0.15, -0.1) is 0 Å². The molecule has 0 aliphatic carbocycles. The summed E-state index contributed by atoms with van der Waals surface area (Å²) in [4.78, 5) is 22.2. The highest BCUT2D eigenvalue weighted by atomic mass is 79.9. The van der Waals surface area contributed by atoms with Gasteiger partial charge in [-0.25, -0.2) is 0 Å². The number of alkyl halides is 3. The largest absolute Gasteiger partial charge is 0.416 e. The summed E-state index contributed by atoms with van der Waals surface area (Å²) in [6.07, 6.45) is -0.152. The Morgan fingerprint density at radius 1 is 1.27 bits per heavy atom. The van der Waals surface area contributed by atoms with Crippen molar-refractivity contribution in [3.8, 4) is 0 Å². The van der Waals surface area contributed by atoms with Crippen LogP contribution in [0.2, 0.25) is 0 Å². The van der Waals surface area contributed by atoms with E-state index >= 15 is 0 Å². The van der Waals surface area contributed by atoms with Crippen LogP contribution in [-0.2, 0) is 24.1 Å². The molecule has 0 unspecified atom stereocenters. The number of carbonyl (C=O) groups excluding carboxylic acids is 1. The molecule has 0 radical (unpaired) electrons. The molecule has 0 saturated heterocycles. The van der Waals surface area contributed by atoms with Gasteiger partial charge >= 0.3 is 12.0 Å². The number of nitro groups is 1. The van der Waals surface area contributed by atoms with Crippen molar-refractivity contribution in [2.75, 3.05) is 5.32 Å². The average Bonchev–Trinajstić information content (AvgIpc) is 3.25. The Bertz CT molecular complexity index is 1080. The maximum Gasteiger partial charge on any atom is 0.416 e. The van der Waals surface area contributed by atoms with Gasteiger partial charge < -0.3 is 15.4 Å². The van der Waals surface area contributed by atoms with Crippen LogP contribution in [0.15, 0.2) is 47.3 Å². The van der Waals surface area contributed by atoms with Gasteiger partial charge in [0, 0.05) is 12.6 Å². The van der Waals surface area contributed by atoms with E-state index in [2.05, 4.69) is 31.4 Å². The maximum atomic E-state index is 12.8. The van der Waals surface area contributed by atoms with Gasteiger partial charge in [0.05, 0.1) is 41.8 Å². The first-order valence-corrected chi connectivity index (χ1v) is 9.27. The van der Waals surface area contributed by atoms with Crippen molar-refractivity contribution >= 4 is 33.3 Å². The molecule has 1 N–H and O–H groups in total. The molecule has 2 heterocycles. The number of nitrogens with zero attached hydrogens (tertiary/aromatic N) is 5. The maximum absolute atomic E-state index is 12.8. The fourth-order valence-electron chi connectivity index (χ4n) is 2.61. The number of aromatic nitrogens is 4. The van der Waals surface area contributed by atoms with E-state index in [1.807, 2.05) is 0 Å². The number of hydrogen-bond acceptors (Lipinski definition) is 5. The minimum absolute atomic E-state index is 0.00405. The number of halogens is 4. The zero-order chi connectivity index (χ0) is 21.9. The predicted molar refractivity (Wildman–Crippen MR) is 103 cm³/mol. The van der Waals surface area contributed by atoms with Crippen LogP contribution in [-0.4, -0.2) is 30.4 Å². The molecule has 0 aliphatic rings. The molecule has 0 spiro atoms. The SMILES string of the molecule is O=C(CCn1cc(Br)c([N+](=O)[O-])n1)Nc1cnn(Cc2cccc(C(F)(F)F)c2)c1. The first kappa shape index (κ1) is 21.5. The number of aryl methyl sites for hydroxylation is 1. The van der Waals surface area contributed by atoms with Crippen molar-refractivity contribution < 1.29 is 22.9 Å². The third-order valence-corrected chi connectivity index (χ3v) is 4.52. The van der Waals surface area contributed by atoms with Crippen LogP contribution in [0.5, 0.6) is 0 Å². The zero-order valence-corrected chi connectivity index (χ0v) is 16.7. The van der Waals surface area contributed by atoms with E-state index in [1.54, 1.807) is 6.07 Å². The summed E-state index contributed by atoms with van der Waals surface area (Å²) in [6, 6.07) is 4.91. The van der Waals surface area contributed by atoms with Gasteiger partial charge in [-0.3, -0.25) is 9.48 Å². The van der Waals surface area contributed by atoms with E-state index in [9.17, 15) is 28.1 Å². The number of rotatable bonds is 7. The Kier molecular flexibility index (Phi) is 6.20. The molecule has 3 aromatic rings. The Hall–Kier alpha value is -3.22. The van der Waals surface area contributed by atoms with Gasteiger partial charge in [-0.1, -0.05) is 12.1 Å².